The number of aryl methyl sites for hydroxylation is 2. The van der Waals surface area contributed by atoms with Crippen molar-refractivity contribution in [1.29, 1.82) is 0 Å². The summed E-state index contributed by atoms with van der Waals surface area (Å²) in [7, 11) is 0. The van der Waals surface area contributed by atoms with E-state index in [1.165, 1.54) is 24.3 Å². The minimum absolute atomic E-state index is 0.101. The Labute approximate surface area is 109 Å². The second-order valence-electron chi connectivity index (χ2n) is 4.23. The Balaban J connectivity index is 2.48. The molecule has 5 heteroatoms. The summed E-state index contributed by atoms with van der Waals surface area (Å²) < 4.78 is 26.2. The predicted octanol–water partition coefficient (Wildman–Crippen LogP) is 4.51. The van der Waals surface area contributed by atoms with Gasteiger partial charge in [-0.25, -0.2) is 8.78 Å². The third-order valence-electron chi connectivity index (χ3n) is 2.75. The van der Waals surface area contributed by atoms with E-state index in [1.54, 1.807) is 13.8 Å². The predicted molar refractivity (Wildman–Crippen MR) is 67.6 cm³/mol. The zero-order chi connectivity index (χ0) is 14.0. The molecule has 19 heavy (non-hydrogen) atoms. The maximum Gasteiger partial charge on any atom is 0.250 e. The van der Waals surface area contributed by atoms with E-state index in [0.717, 1.165) is 12.1 Å². The third kappa shape index (κ3) is 2.93. The van der Waals surface area contributed by atoms with Crippen LogP contribution in [0.15, 0.2) is 41.5 Å². The Hall–Kier alpha value is -2.30. The topological polar surface area (TPSA) is 38.4 Å². The van der Waals surface area contributed by atoms with Crippen molar-refractivity contribution in [2.45, 2.75) is 13.8 Å². The molecule has 0 bridgehead atoms. The summed E-state index contributed by atoms with van der Waals surface area (Å²) in [5.74, 6) is -0.999. The maximum absolute atomic E-state index is 13.1. The Kier molecular flexibility index (Phi) is 3.55. The van der Waals surface area contributed by atoms with Gasteiger partial charge in [0.2, 0.25) is 0 Å². The fourth-order valence-electron chi connectivity index (χ4n) is 1.63. The summed E-state index contributed by atoms with van der Waals surface area (Å²) in [6, 6.07) is 7.83. The van der Waals surface area contributed by atoms with Crippen LogP contribution in [0.2, 0.25) is 0 Å². The highest BCUT2D eigenvalue weighted by Gasteiger charge is 2.11. The van der Waals surface area contributed by atoms with Crippen LogP contribution in [-0.4, -0.2) is 4.86 Å². The Morgan fingerprint density at radius 2 is 1.53 bits per heavy atom. The second-order valence-corrected chi connectivity index (χ2v) is 4.23. The quantitative estimate of drug-likeness (QED) is 0.446. The summed E-state index contributed by atoms with van der Waals surface area (Å²) in [6.07, 6.45) is 0. The van der Waals surface area contributed by atoms with Gasteiger partial charge in [-0.05, 0) is 42.5 Å². The highest BCUT2D eigenvalue weighted by atomic mass is 19.1. The first-order valence-corrected chi connectivity index (χ1v) is 5.68. The van der Waals surface area contributed by atoms with E-state index in [4.69, 9.17) is 0 Å². The smallest absolute Gasteiger partial charge is 0.250 e. The van der Waals surface area contributed by atoms with Gasteiger partial charge in [0.1, 0.15) is 17.3 Å². The van der Waals surface area contributed by atoms with Crippen molar-refractivity contribution in [1.82, 2.24) is 0 Å². The van der Waals surface area contributed by atoms with E-state index >= 15 is 0 Å². The average molecular weight is 262 g/mol. The van der Waals surface area contributed by atoms with Gasteiger partial charge in [0.15, 0.2) is 0 Å². The van der Waals surface area contributed by atoms with Gasteiger partial charge >= 0.3 is 0 Å². The first-order valence-electron chi connectivity index (χ1n) is 5.68. The molecule has 0 radical (unpaired) electrons. The van der Waals surface area contributed by atoms with Crippen LogP contribution in [0.1, 0.15) is 11.1 Å². The molecule has 98 valence electrons. The molecule has 0 atom stereocenters. The zero-order valence-electron chi connectivity index (χ0n) is 10.5. The molecular weight excluding hydrogens is 250 g/mol. The molecule has 0 unspecified atom stereocenters. The van der Waals surface area contributed by atoms with Crippen LogP contribution >= 0.6 is 0 Å². The molecule has 3 nitrogen and oxygen atoms in total. The monoisotopic (exact) mass is 262 g/mol. The van der Waals surface area contributed by atoms with Crippen LogP contribution in [-0.2, 0) is 0 Å². The fraction of sp³-hybridized carbons (Fsp3) is 0.143. The van der Waals surface area contributed by atoms with Crippen LogP contribution in [0.25, 0.3) is 0 Å². The number of hydrogen-bond acceptors (Lipinski definition) is 2. The van der Waals surface area contributed by atoms with Crippen molar-refractivity contribution >= 4 is 11.4 Å². The lowest BCUT2D eigenvalue weighted by Gasteiger charge is -2.04. The van der Waals surface area contributed by atoms with Crippen molar-refractivity contribution in [2.24, 2.45) is 5.11 Å². The van der Waals surface area contributed by atoms with E-state index in [0.29, 0.717) is 16.0 Å². The van der Waals surface area contributed by atoms with Crippen molar-refractivity contribution in [3.05, 3.63) is 64.4 Å². The van der Waals surface area contributed by atoms with Crippen LogP contribution in [0.3, 0.4) is 0 Å². The number of halogens is 2. The average Bonchev–Trinajstić information content (AvgIpc) is 2.36. The zero-order valence-corrected chi connectivity index (χ0v) is 10.5. The normalized spacial score (nSPS) is 11.7. The lowest BCUT2D eigenvalue weighted by Crippen LogP contribution is -1.95. The highest BCUT2D eigenvalue weighted by Crippen LogP contribution is 2.24. The van der Waals surface area contributed by atoms with Crippen LogP contribution in [0.4, 0.5) is 20.2 Å². The fourth-order valence-corrected chi connectivity index (χ4v) is 1.63. The van der Waals surface area contributed by atoms with Crippen molar-refractivity contribution < 1.29 is 13.6 Å². The van der Waals surface area contributed by atoms with Crippen LogP contribution in [0.5, 0.6) is 0 Å². The molecule has 2 rings (SSSR count). The summed E-state index contributed by atoms with van der Waals surface area (Å²) >= 11 is 0. The van der Waals surface area contributed by atoms with E-state index in [-0.39, 0.29) is 11.4 Å². The van der Waals surface area contributed by atoms with Crippen molar-refractivity contribution in [3.8, 4) is 0 Å². The molecule has 0 aromatic heterocycles. The minimum Gasteiger partial charge on any atom is -0.594 e. The standard InChI is InChI=1S/C14H12F2N2O/c1-9-3-5-11(15)7-13(9)17-18(19)14-8-12(16)6-4-10(14)2/h3-8H,1-2H3. The molecule has 2 aromatic rings. The highest BCUT2D eigenvalue weighted by molar-refractivity contribution is 5.45. The number of hydrogen-bond donors (Lipinski definition) is 0. The van der Waals surface area contributed by atoms with Gasteiger partial charge in [-0.2, -0.15) is 0 Å². The van der Waals surface area contributed by atoms with Gasteiger partial charge < -0.3 is 5.21 Å². The maximum atomic E-state index is 13.1. The molecule has 0 saturated heterocycles. The molecule has 0 heterocycles. The largest absolute Gasteiger partial charge is 0.594 e. The Morgan fingerprint density at radius 1 is 0.947 bits per heavy atom. The molecule has 0 fully saturated rings. The third-order valence-corrected chi connectivity index (χ3v) is 2.75. The van der Waals surface area contributed by atoms with Gasteiger partial charge in [-0.1, -0.05) is 6.07 Å². The van der Waals surface area contributed by atoms with Crippen molar-refractivity contribution in [2.75, 3.05) is 0 Å². The molecule has 0 aliphatic carbocycles. The number of benzene rings is 2. The molecule has 2 aromatic carbocycles. The van der Waals surface area contributed by atoms with Gasteiger partial charge in [-0.3, -0.25) is 0 Å². The first-order chi connectivity index (χ1) is 8.97. The number of rotatable bonds is 2. The van der Waals surface area contributed by atoms with E-state index in [9.17, 15) is 14.0 Å². The minimum atomic E-state index is -0.521. The summed E-state index contributed by atoms with van der Waals surface area (Å²) in [5.41, 5.74) is 1.58. The number of azo groups is 1. The van der Waals surface area contributed by atoms with E-state index in [1.807, 2.05) is 0 Å². The molecule has 0 aliphatic heterocycles. The molecule has 0 amide bonds. The summed E-state index contributed by atoms with van der Waals surface area (Å²) in [6.45, 7) is 3.39. The van der Waals surface area contributed by atoms with Gasteiger partial charge in [0.25, 0.3) is 5.69 Å². The van der Waals surface area contributed by atoms with Crippen LogP contribution in [0, 0.1) is 30.7 Å². The van der Waals surface area contributed by atoms with Gasteiger partial charge in [-0.15, -0.1) is 0 Å². The molecule has 0 aliphatic rings. The lowest BCUT2D eigenvalue weighted by molar-refractivity contribution is -0.436. The molecule has 0 spiro atoms. The number of nitrogens with zero attached hydrogens (tertiary/aromatic N) is 2. The van der Waals surface area contributed by atoms with E-state index in [2.05, 4.69) is 5.11 Å². The van der Waals surface area contributed by atoms with Gasteiger partial charge in [0, 0.05) is 22.8 Å². The molecular formula is C14H12F2N2O. The van der Waals surface area contributed by atoms with Crippen molar-refractivity contribution in [3.63, 3.8) is 0 Å². The summed E-state index contributed by atoms with van der Waals surface area (Å²) in [4.78, 5) is 0.306. The van der Waals surface area contributed by atoms with Gasteiger partial charge in [0.05, 0.1) is 0 Å². The first kappa shape index (κ1) is 13.1. The Bertz CT molecular complexity index is 654. The van der Waals surface area contributed by atoms with Crippen LogP contribution < -0.4 is 0 Å². The second kappa shape index (κ2) is 5.14. The Morgan fingerprint density at radius 3 is 2.21 bits per heavy atom. The lowest BCUT2D eigenvalue weighted by atomic mass is 10.2. The SMILES string of the molecule is Cc1ccc(F)cc1N=[N+]([O-])c1cc(F)ccc1C. The molecule has 0 saturated carbocycles. The van der Waals surface area contributed by atoms with E-state index < -0.39 is 11.6 Å². The molecule has 0 N–H and O–H groups in total. The summed E-state index contributed by atoms with van der Waals surface area (Å²) in [5, 5.41) is 15.7.